The molecule has 0 saturated carbocycles. The molecule has 0 aliphatic rings. The second-order valence-corrected chi connectivity index (χ2v) is 4.18. The van der Waals surface area contributed by atoms with E-state index in [0.717, 1.165) is 6.42 Å². The molecule has 1 heteroatoms. The zero-order valence-corrected chi connectivity index (χ0v) is 9.23. The molecule has 0 N–H and O–H groups in total. The van der Waals surface area contributed by atoms with E-state index < -0.39 is 0 Å². The summed E-state index contributed by atoms with van der Waals surface area (Å²) in [5, 5.41) is 0.0424. The Morgan fingerprint density at radius 1 is 1.33 bits per heavy atom. The third-order valence-corrected chi connectivity index (χ3v) is 2.31. The van der Waals surface area contributed by atoms with Crippen LogP contribution in [0.1, 0.15) is 34.1 Å². The molecule has 0 nitrogen and oxygen atoms in total. The second-order valence-electron chi connectivity index (χ2n) is 3.67. The number of rotatable bonds is 4. The molecule has 70 valence electrons. The van der Waals surface area contributed by atoms with Crippen molar-refractivity contribution in [2.45, 2.75) is 39.5 Å². The van der Waals surface area contributed by atoms with Crippen molar-refractivity contribution < 1.29 is 0 Å². The van der Waals surface area contributed by atoms with Crippen LogP contribution in [-0.4, -0.2) is 5.38 Å². The third kappa shape index (κ3) is 5.42. The van der Waals surface area contributed by atoms with Crippen LogP contribution in [0.5, 0.6) is 0 Å². The van der Waals surface area contributed by atoms with Gasteiger partial charge < -0.3 is 0 Å². The van der Waals surface area contributed by atoms with Crippen molar-refractivity contribution in [2.24, 2.45) is 5.41 Å². The summed E-state index contributed by atoms with van der Waals surface area (Å²) in [6, 6.07) is 0. The first-order chi connectivity index (χ1) is 5.52. The molecule has 0 bridgehead atoms. The van der Waals surface area contributed by atoms with E-state index in [1.807, 2.05) is 25.2 Å². The fourth-order valence-electron chi connectivity index (χ4n) is 0.718. The molecule has 0 spiro atoms. The van der Waals surface area contributed by atoms with Gasteiger partial charge in [-0.25, -0.2) is 0 Å². The molecule has 0 aromatic rings. The number of allylic oxidation sites excluding steroid dienone is 4. The zero-order chi connectivity index (χ0) is 9.61. The van der Waals surface area contributed by atoms with Gasteiger partial charge in [-0.2, -0.15) is 0 Å². The molecule has 1 atom stereocenters. The maximum atomic E-state index is 5.97. The summed E-state index contributed by atoms with van der Waals surface area (Å²) in [7, 11) is 0. The van der Waals surface area contributed by atoms with Crippen molar-refractivity contribution in [3.63, 3.8) is 0 Å². The van der Waals surface area contributed by atoms with Crippen LogP contribution >= 0.6 is 11.6 Å². The van der Waals surface area contributed by atoms with Gasteiger partial charge in [0.2, 0.25) is 0 Å². The van der Waals surface area contributed by atoms with Gasteiger partial charge in [0.15, 0.2) is 0 Å². The maximum absolute atomic E-state index is 5.97. The summed E-state index contributed by atoms with van der Waals surface area (Å²) < 4.78 is 0. The minimum atomic E-state index is 0.0424. The molecule has 12 heavy (non-hydrogen) atoms. The molecule has 0 radical (unpaired) electrons. The Morgan fingerprint density at radius 3 is 2.33 bits per heavy atom. The summed E-state index contributed by atoms with van der Waals surface area (Å²) in [5.41, 5.74) is 0.273. The molecule has 0 aliphatic heterocycles. The lowest BCUT2D eigenvalue weighted by molar-refractivity contribution is 0.461. The molecule has 0 rings (SSSR count). The SMILES string of the molecule is CC=CC(Cl)/C=C\C(C)(C)CC. The molecule has 0 aliphatic carbocycles. The van der Waals surface area contributed by atoms with Crippen molar-refractivity contribution in [1.29, 1.82) is 0 Å². The van der Waals surface area contributed by atoms with Gasteiger partial charge >= 0.3 is 0 Å². The minimum absolute atomic E-state index is 0.0424. The lowest BCUT2D eigenvalue weighted by atomic mass is 9.90. The van der Waals surface area contributed by atoms with Crippen molar-refractivity contribution in [2.75, 3.05) is 0 Å². The average molecular weight is 187 g/mol. The highest BCUT2D eigenvalue weighted by Crippen LogP contribution is 2.22. The first-order valence-corrected chi connectivity index (χ1v) is 4.91. The molecule has 0 aromatic heterocycles. The Kier molecular flexibility index (Phi) is 5.32. The summed E-state index contributed by atoms with van der Waals surface area (Å²) in [4.78, 5) is 0. The van der Waals surface area contributed by atoms with Crippen LogP contribution in [0.15, 0.2) is 24.3 Å². The Bertz CT molecular complexity index is 166. The Labute approximate surface area is 81.3 Å². The van der Waals surface area contributed by atoms with E-state index >= 15 is 0 Å². The van der Waals surface area contributed by atoms with Crippen LogP contribution in [0, 0.1) is 5.41 Å². The van der Waals surface area contributed by atoms with Gasteiger partial charge in [0.25, 0.3) is 0 Å². The molecule has 0 aromatic carbocycles. The van der Waals surface area contributed by atoms with Crippen molar-refractivity contribution in [1.82, 2.24) is 0 Å². The van der Waals surface area contributed by atoms with Crippen LogP contribution in [0.4, 0.5) is 0 Å². The van der Waals surface area contributed by atoms with Crippen molar-refractivity contribution in [3.8, 4) is 0 Å². The fourth-order valence-corrected chi connectivity index (χ4v) is 0.936. The van der Waals surface area contributed by atoms with Gasteiger partial charge in [0, 0.05) is 0 Å². The smallest absolute Gasteiger partial charge is 0.0697 e. The summed E-state index contributed by atoms with van der Waals surface area (Å²) in [5.74, 6) is 0. The van der Waals surface area contributed by atoms with E-state index in [2.05, 4.69) is 26.8 Å². The number of alkyl halides is 1. The number of hydrogen-bond acceptors (Lipinski definition) is 0. The highest BCUT2D eigenvalue weighted by molar-refractivity contribution is 6.23. The quantitative estimate of drug-likeness (QED) is 0.457. The molecule has 0 saturated heterocycles. The van der Waals surface area contributed by atoms with E-state index in [4.69, 9.17) is 11.6 Å². The minimum Gasteiger partial charge on any atom is -0.114 e. The Morgan fingerprint density at radius 2 is 1.92 bits per heavy atom. The fraction of sp³-hybridized carbons (Fsp3) is 0.636. The van der Waals surface area contributed by atoms with Gasteiger partial charge in [-0.05, 0) is 18.8 Å². The highest BCUT2D eigenvalue weighted by Gasteiger charge is 2.09. The predicted octanol–water partition coefficient (Wildman–Crippen LogP) is 4.16. The largest absolute Gasteiger partial charge is 0.114 e. The van der Waals surface area contributed by atoms with Gasteiger partial charge in [-0.1, -0.05) is 45.1 Å². The van der Waals surface area contributed by atoms with E-state index in [1.54, 1.807) is 0 Å². The zero-order valence-electron chi connectivity index (χ0n) is 8.47. The van der Waals surface area contributed by atoms with E-state index in [-0.39, 0.29) is 10.8 Å². The number of halogens is 1. The van der Waals surface area contributed by atoms with Crippen molar-refractivity contribution in [3.05, 3.63) is 24.3 Å². The van der Waals surface area contributed by atoms with Crippen LogP contribution in [0.25, 0.3) is 0 Å². The number of hydrogen-bond donors (Lipinski definition) is 0. The highest BCUT2D eigenvalue weighted by atomic mass is 35.5. The lowest BCUT2D eigenvalue weighted by Crippen LogP contribution is -2.05. The molecular formula is C11H19Cl. The Hall–Kier alpha value is -0.230. The van der Waals surface area contributed by atoms with E-state index in [9.17, 15) is 0 Å². The molecule has 0 fully saturated rings. The molecule has 0 heterocycles. The second kappa shape index (κ2) is 5.42. The first-order valence-electron chi connectivity index (χ1n) is 4.48. The van der Waals surface area contributed by atoms with Gasteiger partial charge in [0.1, 0.15) is 0 Å². The van der Waals surface area contributed by atoms with Crippen LogP contribution in [0.2, 0.25) is 0 Å². The van der Waals surface area contributed by atoms with Gasteiger partial charge in [-0.15, -0.1) is 11.6 Å². The molecule has 0 amide bonds. The summed E-state index contributed by atoms with van der Waals surface area (Å²) >= 11 is 5.97. The average Bonchev–Trinajstić information content (AvgIpc) is 2.02. The van der Waals surface area contributed by atoms with Gasteiger partial charge in [-0.3, -0.25) is 0 Å². The van der Waals surface area contributed by atoms with Crippen LogP contribution in [-0.2, 0) is 0 Å². The topological polar surface area (TPSA) is 0 Å². The molecular weight excluding hydrogens is 168 g/mol. The maximum Gasteiger partial charge on any atom is 0.0697 e. The summed E-state index contributed by atoms with van der Waals surface area (Å²) in [6.07, 6.45) is 9.32. The third-order valence-electron chi connectivity index (χ3n) is 2.02. The normalized spacial score (nSPS) is 16.1. The standard InChI is InChI=1S/C11H19Cl/c1-5-7-10(12)8-9-11(3,4)6-2/h5,7-10H,6H2,1-4H3/b7-5?,9-8-. The van der Waals surface area contributed by atoms with Crippen molar-refractivity contribution >= 4 is 11.6 Å². The molecule has 1 unspecified atom stereocenters. The monoisotopic (exact) mass is 186 g/mol. The summed E-state index contributed by atoms with van der Waals surface area (Å²) in [6.45, 7) is 8.59. The Balaban J connectivity index is 4.05. The van der Waals surface area contributed by atoms with E-state index in [1.165, 1.54) is 0 Å². The van der Waals surface area contributed by atoms with E-state index in [0.29, 0.717) is 0 Å². The lowest BCUT2D eigenvalue weighted by Gasteiger charge is -2.17. The predicted molar refractivity (Wildman–Crippen MR) is 57.7 cm³/mol. The van der Waals surface area contributed by atoms with Crippen LogP contribution < -0.4 is 0 Å². The van der Waals surface area contributed by atoms with Gasteiger partial charge in [0.05, 0.1) is 5.38 Å². The van der Waals surface area contributed by atoms with Crippen LogP contribution in [0.3, 0.4) is 0 Å². The first kappa shape index (κ1) is 11.8.